The molecular weight excluding hydrogens is 266 g/mol. The third-order valence-electron chi connectivity index (χ3n) is 6.90. The molecular formula is C21H31N. The van der Waals surface area contributed by atoms with Crippen molar-refractivity contribution < 1.29 is 0 Å². The van der Waals surface area contributed by atoms with E-state index in [1.807, 2.05) is 12.4 Å². The van der Waals surface area contributed by atoms with Crippen LogP contribution in [0.4, 0.5) is 0 Å². The molecule has 1 aromatic rings. The van der Waals surface area contributed by atoms with Gasteiger partial charge in [0.25, 0.3) is 0 Å². The van der Waals surface area contributed by atoms with E-state index in [1.54, 1.807) is 38.5 Å². The van der Waals surface area contributed by atoms with Crippen LogP contribution >= 0.6 is 0 Å². The lowest BCUT2D eigenvalue weighted by molar-refractivity contribution is -0.0586. The molecule has 1 heterocycles. The van der Waals surface area contributed by atoms with Crippen molar-refractivity contribution in [2.75, 3.05) is 0 Å². The van der Waals surface area contributed by atoms with Gasteiger partial charge in [-0.15, -0.1) is 0 Å². The van der Waals surface area contributed by atoms with Crippen molar-refractivity contribution in [1.82, 2.24) is 4.98 Å². The van der Waals surface area contributed by atoms with Gasteiger partial charge in [-0.25, -0.2) is 0 Å². The molecule has 0 saturated heterocycles. The zero-order chi connectivity index (χ0) is 15.0. The number of aromatic nitrogens is 1. The van der Waals surface area contributed by atoms with Crippen molar-refractivity contribution in [3.8, 4) is 0 Å². The van der Waals surface area contributed by atoms with Crippen LogP contribution in [0.5, 0.6) is 0 Å². The van der Waals surface area contributed by atoms with Crippen molar-refractivity contribution in [3.63, 3.8) is 0 Å². The van der Waals surface area contributed by atoms with E-state index in [4.69, 9.17) is 0 Å². The van der Waals surface area contributed by atoms with Gasteiger partial charge in [-0.2, -0.15) is 0 Å². The van der Waals surface area contributed by atoms with Crippen LogP contribution in [0.2, 0.25) is 0 Å². The van der Waals surface area contributed by atoms with Crippen molar-refractivity contribution in [1.29, 1.82) is 0 Å². The van der Waals surface area contributed by atoms with Gasteiger partial charge >= 0.3 is 0 Å². The number of hydrogen-bond donors (Lipinski definition) is 0. The molecule has 0 amide bonds. The fourth-order valence-corrected chi connectivity index (χ4v) is 6.45. The molecule has 1 aromatic heterocycles. The molecule has 5 rings (SSSR count). The molecule has 4 aliphatic rings. The minimum absolute atomic E-state index is 0.783. The molecule has 0 spiro atoms. The van der Waals surface area contributed by atoms with Gasteiger partial charge in [0.15, 0.2) is 0 Å². The number of rotatable bonds is 6. The van der Waals surface area contributed by atoms with Crippen molar-refractivity contribution >= 4 is 0 Å². The Labute approximate surface area is 135 Å². The highest BCUT2D eigenvalue weighted by molar-refractivity contribution is 5.10. The molecule has 22 heavy (non-hydrogen) atoms. The molecule has 0 aliphatic heterocycles. The first-order valence-corrected chi connectivity index (χ1v) is 9.60. The maximum Gasteiger partial charge on any atom is 0.0270 e. The first kappa shape index (κ1) is 14.7. The van der Waals surface area contributed by atoms with Gasteiger partial charge < -0.3 is 0 Å². The van der Waals surface area contributed by atoms with E-state index in [1.165, 1.54) is 31.2 Å². The van der Waals surface area contributed by atoms with Gasteiger partial charge in [0, 0.05) is 12.4 Å². The lowest BCUT2D eigenvalue weighted by Gasteiger charge is -2.57. The van der Waals surface area contributed by atoms with Crippen LogP contribution in [-0.2, 0) is 6.42 Å². The van der Waals surface area contributed by atoms with Crippen LogP contribution in [0, 0.1) is 29.1 Å². The number of nitrogens with zero attached hydrogens (tertiary/aromatic N) is 1. The molecule has 120 valence electrons. The van der Waals surface area contributed by atoms with Gasteiger partial charge in [-0.3, -0.25) is 4.98 Å². The summed E-state index contributed by atoms with van der Waals surface area (Å²) in [6.45, 7) is 2.43. The van der Waals surface area contributed by atoms with Crippen LogP contribution in [0.1, 0.15) is 70.3 Å². The van der Waals surface area contributed by atoms with Gasteiger partial charge in [0.05, 0.1) is 0 Å². The lowest BCUT2D eigenvalue weighted by atomic mass is 9.48. The quantitative estimate of drug-likeness (QED) is 0.661. The monoisotopic (exact) mass is 297 g/mol. The Kier molecular flexibility index (Phi) is 4.00. The lowest BCUT2D eigenvalue weighted by Crippen LogP contribution is -2.45. The minimum Gasteiger partial charge on any atom is -0.265 e. The third-order valence-corrected chi connectivity index (χ3v) is 6.90. The van der Waals surface area contributed by atoms with Crippen LogP contribution in [0.3, 0.4) is 0 Å². The molecule has 4 aliphatic carbocycles. The highest BCUT2D eigenvalue weighted by atomic mass is 14.6. The molecule has 1 unspecified atom stereocenters. The highest BCUT2D eigenvalue weighted by Gasteiger charge is 2.50. The minimum atomic E-state index is 0.783. The van der Waals surface area contributed by atoms with Crippen LogP contribution in [-0.4, -0.2) is 4.98 Å². The SMILES string of the molecule is CC(CCCC12CC3CC(CC(C3)C1)C2)Cc1ccncc1. The van der Waals surface area contributed by atoms with E-state index in [9.17, 15) is 0 Å². The Hall–Kier alpha value is -0.850. The Balaban J connectivity index is 1.27. The summed E-state index contributed by atoms with van der Waals surface area (Å²) in [5.74, 6) is 4.15. The molecule has 1 nitrogen and oxygen atoms in total. The zero-order valence-electron chi connectivity index (χ0n) is 14.1. The first-order chi connectivity index (χ1) is 10.7. The molecule has 0 N–H and O–H groups in total. The zero-order valence-corrected chi connectivity index (χ0v) is 14.1. The maximum absolute atomic E-state index is 4.12. The van der Waals surface area contributed by atoms with Crippen LogP contribution in [0.25, 0.3) is 0 Å². The normalized spacial score (nSPS) is 37.4. The average molecular weight is 297 g/mol. The summed E-state index contributed by atoms with van der Waals surface area (Å²) in [5.41, 5.74) is 2.24. The predicted molar refractivity (Wildman–Crippen MR) is 91.6 cm³/mol. The standard InChI is InChI=1S/C21H31N/c1-16(9-17-4-7-22-8-5-17)3-2-6-21-13-18-10-19(14-21)12-20(11-18)15-21/h4-5,7-8,16,18-20H,2-3,6,9-15H2,1H3. The molecule has 1 atom stereocenters. The van der Waals surface area contributed by atoms with Gasteiger partial charge in [-0.05, 0) is 98.1 Å². The topological polar surface area (TPSA) is 12.9 Å². The fraction of sp³-hybridized carbons (Fsp3) is 0.762. The van der Waals surface area contributed by atoms with Gasteiger partial charge in [0.2, 0.25) is 0 Å². The third kappa shape index (κ3) is 3.09. The summed E-state index contributed by atoms with van der Waals surface area (Å²) in [4.78, 5) is 4.12. The van der Waals surface area contributed by atoms with E-state index in [0.717, 1.165) is 29.1 Å². The fourth-order valence-electron chi connectivity index (χ4n) is 6.45. The van der Waals surface area contributed by atoms with Crippen molar-refractivity contribution in [2.24, 2.45) is 29.1 Å². The van der Waals surface area contributed by atoms with Gasteiger partial charge in [0.1, 0.15) is 0 Å². The maximum atomic E-state index is 4.12. The molecule has 0 aromatic carbocycles. The first-order valence-electron chi connectivity index (χ1n) is 9.60. The van der Waals surface area contributed by atoms with Crippen molar-refractivity contribution in [2.45, 2.75) is 71.1 Å². The molecule has 4 fully saturated rings. The largest absolute Gasteiger partial charge is 0.265 e. The Bertz CT molecular complexity index is 457. The van der Waals surface area contributed by atoms with E-state index in [0.29, 0.717) is 0 Å². The molecule has 0 radical (unpaired) electrons. The summed E-state index contributed by atoms with van der Waals surface area (Å²) in [6.07, 6.45) is 19.0. The number of pyridine rings is 1. The average Bonchev–Trinajstić information content (AvgIpc) is 2.46. The van der Waals surface area contributed by atoms with E-state index < -0.39 is 0 Å². The second-order valence-electron chi connectivity index (χ2n) is 8.97. The highest BCUT2D eigenvalue weighted by Crippen LogP contribution is 2.61. The Morgan fingerprint density at radius 3 is 2.23 bits per heavy atom. The molecule has 1 heteroatoms. The Morgan fingerprint density at radius 1 is 1.05 bits per heavy atom. The van der Waals surface area contributed by atoms with Crippen LogP contribution < -0.4 is 0 Å². The molecule has 4 bridgehead atoms. The summed E-state index contributed by atoms with van der Waals surface area (Å²) < 4.78 is 0. The summed E-state index contributed by atoms with van der Waals surface area (Å²) >= 11 is 0. The molecule has 4 saturated carbocycles. The second-order valence-corrected chi connectivity index (χ2v) is 8.97. The summed E-state index contributed by atoms with van der Waals surface area (Å²) in [5, 5.41) is 0. The predicted octanol–water partition coefficient (Wildman–Crippen LogP) is 5.65. The van der Waals surface area contributed by atoms with Crippen LogP contribution in [0.15, 0.2) is 24.5 Å². The second kappa shape index (κ2) is 5.98. The summed E-state index contributed by atoms with van der Waals surface area (Å²) in [7, 11) is 0. The van der Waals surface area contributed by atoms with E-state index in [2.05, 4.69) is 24.0 Å². The smallest absolute Gasteiger partial charge is 0.0270 e. The summed E-state index contributed by atoms with van der Waals surface area (Å²) in [6, 6.07) is 4.35. The van der Waals surface area contributed by atoms with Gasteiger partial charge in [-0.1, -0.05) is 19.8 Å². The van der Waals surface area contributed by atoms with E-state index in [-0.39, 0.29) is 0 Å². The Morgan fingerprint density at radius 2 is 1.64 bits per heavy atom. The van der Waals surface area contributed by atoms with Crippen molar-refractivity contribution in [3.05, 3.63) is 30.1 Å². The number of hydrogen-bond acceptors (Lipinski definition) is 1. The van der Waals surface area contributed by atoms with E-state index >= 15 is 0 Å².